The zero-order valence-electron chi connectivity index (χ0n) is 11.9. The molecule has 21 heavy (non-hydrogen) atoms. The minimum atomic E-state index is -0.334. The lowest BCUT2D eigenvalue weighted by molar-refractivity contribution is 0.271. The summed E-state index contributed by atoms with van der Waals surface area (Å²) < 4.78 is 5.10. The molecule has 4 heteroatoms. The Hall–Kier alpha value is -2.38. The molecule has 2 atom stereocenters. The van der Waals surface area contributed by atoms with Crippen LogP contribution in [-0.2, 0) is 0 Å². The number of nitriles is 1. The van der Waals surface area contributed by atoms with Crippen LogP contribution in [0, 0.1) is 11.3 Å². The first kappa shape index (κ1) is 15.0. The molecule has 0 unspecified atom stereocenters. The summed E-state index contributed by atoms with van der Waals surface area (Å²) in [5.41, 5.74) is 1.73. The van der Waals surface area contributed by atoms with Crippen LogP contribution in [0.25, 0.3) is 0 Å². The Morgan fingerprint density at radius 3 is 2.52 bits per heavy atom. The van der Waals surface area contributed by atoms with E-state index in [1.54, 1.807) is 13.3 Å². The minimum Gasteiger partial charge on any atom is -0.495 e. The van der Waals surface area contributed by atoms with Gasteiger partial charge >= 0.3 is 0 Å². The molecule has 0 bridgehead atoms. The van der Waals surface area contributed by atoms with Crippen molar-refractivity contribution >= 4 is 0 Å². The van der Waals surface area contributed by atoms with E-state index >= 15 is 0 Å². The zero-order valence-corrected chi connectivity index (χ0v) is 11.9. The Balaban J connectivity index is 2.34. The van der Waals surface area contributed by atoms with Crippen LogP contribution < -0.4 is 4.74 Å². The van der Waals surface area contributed by atoms with Crippen molar-refractivity contribution in [1.82, 2.24) is 4.98 Å². The maximum Gasteiger partial charge on any atom is 0.137 e. The average molecular weight is 282 g/mol. The average Bonchev–Trinajstić information content (AvgIpc) is 2.56. The highest BCUT2D eigenvalue weighted by Crippen LogP contribution is 2.34. The van der Waals surface area contributed by atoms with E-state index in [1.165, 1.54) is 0 Å². The van der Waals surface area contributed by atoms with Crippen LogP contribution in [0.5, 0.6) is 5.75 Å². The molecular weight excluding hydrogens is 264 g/mol. The van der Waals surface area contributed by atoms with Crippen molar-refractivity contribution in [3.63, 3.8) is 0 Å². The fourth-order valence-corrected chi connectivity index (χ4v) is 2.41. The van der Waals surface area contributed by atoms with Gasteiger partial charge in [0.05, 0.1) is 25.3 Å². The highest BCUT2D eigenvalue weighted by Gasteiger charge is 2.25. The topological polar surface area (TPSA) is 66.1 Å². The molecule has 0 aliphatic rings. The quantitative estimate of drug-likeness (QED) is 0.884. The molecule has 0 amide bonds. The maximum atomic E-state index is 9.55. The standard InChI is InChI=1S/C17H18N2O2/c1-21-14-7-8-17(19-12-14)15(9-10-20)16(11-18)13-5-3-2-4-6-13/h2-8,12,15-16,20H,9-10H2,1H3/t15-,16+/m1/s1. The number of nitrogens with zero attached hydrogens (tertiary/aromatic N) is 2. The number of aliphatic hydroxyl groups is 1. The van der Waals surface area contributed by atoms with Gasteiger partial charge in [-0.05, 0) is 24.1 Å². The number of rotatable bonds is 6. The monoisotopic (exact) mass is 282 g/mol. The third kappa shape index (κ3) is 3.59. The van der Waals surface area contributed by atoms with Crippen molar-refractivity contribution in [3.05, 3.63) is 59.9 Å². The molecule has 1 heterocycles. The van der Waals surface area contributed by atoms with E-state index < -0.39 is 0 Å². The number of aliphatic hydroxyl groups excluding tert-OH is 1. The summed E-state index contributed by atoms with van der Waals surface area (Å²) in [7, 11) is 1.59. The van der Waals surface area contributed by atoms with Crippen molar-refractivity contribution in [2.45, 2.75) is 18.3 Å². The molecule has 0 spiro atoms. The predicted octanol–water partition coefficient (Wildman–Crippen LogP) is 2.86. The molecule has 2 rings (SSSR count). The largest absolute Gasteiger partial charge is 0.495 e. The zero-order chi connectivity index (χ0) is 15.1. The predicted molar refractivity (Wildman–Crippen MR) is 80.0 cm³/mol. The molecule has 1 N–H and O–H groups in total. The summed E-state index contributed by atoms with van der Waals surface area (Å²) >= 11 is 0. The molecule has 0 aliphatic carbocycles. The number of pyridine rings is 1. The SMILES string of the molecule is COc1ccc([C@H](CCO)[C@@H](C#N)c2ccccc2)nc1. The number of hydrogen-bond donors (Lipinski definition) is 1. The summed E-state index contributed by atoms with van der Waals surface area (Å²) in [4.78, 5) is 4.38. The highest BCUT2D eigenvalue weighted by atomic mass is 16.5. The van der Waals surface area contributed by atoms with Gasteiger partial charge in [-0.15, -0.1) is 0 Å². The molecule has 0 saturated heterocycles. The first-order valence-corrected chi connectivity index (χ1v) is 6.85. The lowest BCUT2D eigenvalue weighted by Crippen LogP contribution is -2.13. The van der Waals surface area contributed by atoms with Gasteiger partial charge in [0.15, 0.2) is 0 Å². The van der Waals surface area contributed by atoms with Crippen LogP contribution >= 0.6 is 0 Å². The highest BCUT2D eigenvalue weighted by molar-refractivity contribution is 5.32. The van der Waals surface area contributed by atoms with Gasteiger partial charge < -0.3 is 9.84 Å². The van der Waals surface area contributed by atoms with Gasteiger partial charge in [-0.2, -0.15) is 5.26 Å². The second-order valence-corrected chi connectivity index (χ2v) is 4.76. The molecule has 4 nitrogen and oxygen atoms in total. The lowest BCUT2D eigenvalue weighted by Gasteiger charge is -2.21. The molecule has 0 aliphatic heterocycles. The number of benzene rings is 1. The van der Waals surface area contributed by atoms with Crippen LogP contribution in [0.3, 0.4) is 0 Å². The second kappa shape index (κ2) is 7.41. The van der Waals surface area contributed by atoms with E-state index in [-0.39, 0.29) is 18.4 Å². The first-order chi connectivity index (χ1) is 10.3. The Kier molecular flexibility index (Phi) is 5.30. The summed E-state index contributed by atoms with van der Waals surface area (Å²) in [6.45, 7) is 0.0173. The van der Waals surface area contributed by atoms with Crippen molar-refractivity contribution in [3.8, 4) is 11.8 Å². The van der Waals surface area contributed by atoms with Crippen LogP contribution in [0.1, 0.15) is 29.5 Å². The van der Waals surface area contributed by atoms with E-state index in [0.717, 1.165) is 11.3 Å². The van der Waals surface area contributed by atoms with Crippen molar-refractivity contribution < 1.29 is 9.84 Å². The minimum absolute atomic E-state index is 0.0173. The fraction of sp³-hybridized carbons (Fsp3) is 0.294. The van der Waals surface area contributed by atoms with Crippen LogP contribution in [0.15, 0.2) is 48.7 Å². The number of ether oxygens (including phenoxy) is 1. The van der Waals surface area contributed by atoms with Gasteiger partial charge in [0, 0.05) is 18.2 Å². The third-order valence-corrected chi connectivity index (χ3v) is 3.52. The Morgan fingerprint density at radius 1 is 1.24 bits per heavy atom. The van der Waals surface area contributed by atoms with Gasteiger partial charge in [0.1, 0.15) is 5.75 Å². The summed E-state index contributed by atoms with van der Waals surface area (Å²) in [5, 5.41) is 18.9. The first-order valence-electron chi connectivity index (χ1n) is 6.85. The van der Waals surface area contributed by atoms with E-state index in [1.807, 2.05) is 42.5 Å². The Morgan fingerprint density at radius 2 is 2.00 bits per heavy atom. The third-order valence-electron chi connectivity index (χ3n) is 3.52. The smallest absolute Gasteiger partial charge is 0.137 e. The summed E-state index contributed by atoms with van der Waals surface area (Å²) in [6, 6.07) is 15.6. The summed E-state index contributed by atoms with van der Waals surface area (Å²) in [5.74, 6) is 0.197. The van der Waals surface area contributed by atoms with Crippen molar-refractivity contribution in [2.24, 2.45) is 0 Å². The van der Waals surface area contributed by atoms with Crippen LogP contribution in [-0.4, -0.2) is 23.8 Å². The van der Waals surface area contributed by atoms with Crippen LogP contribution in [0.2, 0.25) is 0 Å². The van der Waals surface area contributed by atoms with Gasteiger partial charge in [0.2, 0.25) is 0 Å². The number of aromatic nitrogens is 1. The second-order valence-electron chi connectivity index (χ2n) is 4.76. The molecule has 1 aromatic carbocycles. The normalized spacial score (nSPS) is 13.2. The molecule has 108 valence electrons. The van der Waals surface area contributed by atoms with Gasteiger partial charge in [-0.3, -0.25) is 4.98 Å². The van der Waals surface area contributed by atoms with E-state index in [4.69, 9.17) is 4.74 Å². The van der Waals surface area contributed by atoms with Gasteiger partial charge in [-0.1, -0.05) is 30.3 Å². The van der Waals surface area contributed by atoms with E-state index in [9.17, 15) is 10.4 Å². The molecule has 1 aromatic heterocycles. The summed E-state index contributed by atoms with van der Waals surface area (Å²) in [6.07, 6.45) is 2.13. The van der Waals surface area contributed by atoms with Crippen LogP contribution in [0.4, 0.5) is 0 Å². The van der Waals surface area contributed by atoms with E-state index in [2.05, 4.69) is 11.1 Å². The fourth-order valence-electron chi connectivity index (χ4n) is 2.41. The molecule has 2 aromatic rings. The number of hydrogen-bond acceptors (Lipinski definition) is 4. The molecule has 0 radical (unpaired) electrons. The van der Waals surface area contributed by atoms with Gasteiger partial charge in [0.25, 0.3) is 0 Å². The van der Waals surface area contributed by atoms with Gasteiger partial charge in [-0.25, -0.2) is 0 Å². The lowest BCUT2D eigenvalue weighted by atomic mass is 9.82. The van der Waals surface area contributed by atoms with Crippen molar-refractivity contribution in [2.75, 3.05) is 13.7 Å². The van der Waals surface area contributed by atoms with Crippen molar-refractivity contribution in [1.29, 1.82) is 5.26 Å². The Bertz CT molecular complexity index is 590. The Labute approximate surface area is 124 Å². The number of methoxy groups -OCH3 is 1. The van der Waals surface area contributed by atoms with E-state index in [0.29, 0.717) is 12.2 Å². The molecular formula is C17H18N2O2. The maximum absolute atomic E-state index is 9.55. The molecule has 0 saturated carbocycles. The molecule has 0 fully saturated rings.